The zero-order valence-electron chi connectivity index (χ0n) is 12.3. The van der Waals surface area contributed by atoms with Crippen LogP contribution in [0.3, 0.4) is 0 Å². The third kappa shape index (κ3) is 3.39. The van der Waals surface area contributed by atoms with Gasteiger partial charge in [0.05, 0.1) is 17.5 Å². The Balaban J connectivity index is 2.15. The molecule has 112 valence electrons. The van der Waals surface area contributed by atoms with E-state index in [9.17, 15) is 14.7 Å². The molecule has 1 aliphatic carbocycles. The summed E-state index contributed by atoms with van der Waals surface area (Å²) in [6, 6.07) is 3.10. The van der Waals surface area contributed by atoms with Crippen LogP contribution in [-0.4, -0.2) is 22.5 Å². The Morgan fingerprint density at radius 2 is 2.14 bits per heavy atom. The molecule has 2 rings (SSSR count). The molecule has 0 fully saturated rings. The van der Waals surface area contributed by atoms with Gasteiger partial charge in [0.25, 0.3) is 0 Å². The molecule has 1 aromatic rings. The Morgan fingerprint density at radius 3 is 2.71 bits per heavy atom. The van der Waals surface area contributed by atoms with E-state index in [2.05, 4.69) is 10.5 Å². The van der Waals surface area contributed by atoms with Gasteiger partial charge in [-0.3, -0.25) is 9.59 Å². The second-order valence-corrected chi connectivity index (χ2v) is 5.88. The molecule has 1 amide bonds. The number of hydrazone groups is 1. The van der Waals surface area contributed by atoms with Crippen LogP contribution >= 0.6 is 0 Å². The van der Waals surface area contributed by atoms with Crippen molar-refractivity contribution < 1.29 is 19.1 Å². The topological polar surface area (TPSA) is 91.9 Å². The minimum Gasteiger partial charge on any atom is -0.511 e. The van der Waals surface area contributed by atoms with Crippen molar-refractivity contribution in [2.45, 2.75) is 33.6 Å². The van der Waals surface area contributed by atoms with Gasteiger partial charge in [0.1, 0.15) is 5.76 Å². The molecule has 2 N–H and O–H groups in total. The van der Waals surface area contributed by atoms with Crippen molar-refractivity contribution >= 4 is 17.4 Å². The van der Waals surface area contributed by atoms with Crippen LogP contribution in [0.15, 0.2) is 39.2 Å². The lowest BCUT2D eigenvalue weighted by molar-refractivity contribution is -0.117. The van der Waals surface area contributed by atoms with Crippen molar-refractivity contribution in [3.05, 3.63) is 35.5 Å². The van der Waals surface area contributed by atoms with Crippen molar-refractivity contribution in [1.82, 2.24) is 5.43 Å². The van der Waals surface area contributed by atoms with Crippen molar-refractivity contribution in [1.29, 1.82) is 0 Å². The fourth-order valence-corrected chi connectivity index (χ4v) is 2.35. The highest BCUT2D eigenvalue weighted by Crippen LogP contribution is 2.35. The predicted octanol–water partition coefficient (Wildman–Crippen LogP) is 2.59. The number of amides is 1. The molecule has 0 aliphatic heterocycles. The Bertz CT molecular complexity index is 624. The van der Waals surface area contributed by atoms with Crippen LogP contribution in [0.2, 0.25) is 0 Å². The zero-order valence-corrected chi connectivity index (χ0v) is 12.3. The van der Waals surface area contributed by atoms with Crippen LogP contribution in [0.4, 0.5) is 0 Å². The molecule has 0 aromatic carbocycles. The minimum absolute atomic E-state index is 0.0183. The zero-order chi connectivity index (χ0) is 15.6. The third-order valence-electron chi connectivity index (χ3n) is 3.28. The number of ketones is 1. The van der Waals surface area contributed by atoms with E-state index in [-0.39, 0.29) is 34.0 Å². The summed E-state index contributed by atoms with van der Waals surface area (Å²) in [5.41, 5.74) is 2.51. The molecular formula is C15H18N2O4. The van der Waals surface area contributed by atoms with Crippen molar-refractivity contribution in [3.63, 3.8) is 0 Å². The van der Waals surface area contributed by atoms with Gasteiger partial charge in [-0.1, -0.05) is 13.8 Å². The molecule has 0 atom stereocenters. The molecule has 1 heterocycles. The van der Waals surface area contributed by atoms with Gasteiger partial charge in [0, 0.05) is 12.8 Å². The summed E-state index contributed by atoms with van der Waals surface area (Å²) in [4.78, 5) is 23.8. The Morgan fingerprint density at radius 1 is 1.43 bits per heavy atom. The molecule has 0 unspecified atom stereocenters. The first-order valence-electron chi connectivity index (χ1n) is 6.64. The van der Waals surface area contributed by atoms with E-state index in [1.807, 2.05) is 13.8 Å². The van der Waals surface area contributed by atoms with Crippen LogP contribution in [0, 0.1) is 5.41 Å². The molecule has 1 aromatic heterocycles. The molecule has 21 heavy (non-hydrogen) atoms. The first-order chi connectivity index (χ1) is 9.80. The summed E-state index contributed by atoms with van der Waals surface area (Å²) in [7, 11) is 0. The van der Waals surface area contributed by atoms with Gasteiger partial charge in [0.15, 0.2) is 11.5 Å². The Hall–Kier alpha value is -2.37. The number of furan rings is 1. The number of hydrogen-bond acceptors (Lipinski definition) is 5. The number of rotatable bonds is 3. The van der Waals surface area contributed by atoms with E-state index in [4.69, 9.17) is 4.42 Å². The molecule has 0 spiro atoms. The first kappa shape index (κ1) is 15.0. The highest BCUT2D eigenvalue weighted by Gasteiger charge is 2.34. The smallest absolute Gasteiger partial charge is 0.307 e. The Kier molecular flexibility index (Phi) is 3.97. The van der Waals surface area contributed by atoms with Gasteiger partial charge >= 0.3 is 5.91 Å². The lowest BCUT2D eigenvalue weighted by Gasteiger charge is -2.29. The number of nitrogens with zero attached hydrogens (tertiary/aromatic N) is 1. The molecule has 6 nitrogen and oxygen atoms in total. The predicted molar refractivity (Wildman–Crippen MR) is 77.0 cm³/mol. The number of carbonyl (C=O) groups excluding carboxylic acids is 2. The van der Waals surface area contributed by atoms with Crippen molar-refractivity contribution in [2.75, 3.05) is 0 Å². The second-order valence-electron chi connectivity index (χ2n) is 5.88. The lowest BCUT2D eigenvalue weighted by Crippen LogP contribution is -2.29. The van der Waals surface area contributed by atoms with Gasteiger partial charge in [0.2, 0.25) is 0 Å². The fourth-order valence-electron chi connectivity index (χ4n) is 2.35. The minimum atomic E-state index is -0.511. The summed E-state index contributed by atoms with van der Waals surface area (Å²) in [5.74, 6) is -0.536. The molecule has 1 aliphatic rings. The average Bonchev–Trinajstić information content (AvgIpc) is 2.87. The largest absolute Gasteiger partial charge is 0.511 e. The van der Waals surface area contributed by atoms with Crippen LogP contribution in [0.5, 0.6) is 0 Å². The lowest BCUT2D eigenvalue weighted by atomic mass is 9.76. The number of nitrogens with one attached hydrogen (secondary N) is 1. The van der Waals surface area contributed by atoms with Gasteiger partial charge in [-0.15, -0.1) is 0 Å². The molecule has 0 saturated carbocycles. The van der Waals surface area contributed by atoms with Gasteiger partial charge in [-0.05, 0) is 24.5 Å². The van der Waals surface area contributed by atoms with Crippen LogP contribution in [0.1, 0.15) is 44.2 Å². The Labute approximate surface area is 122 Å². The van der Waals surface area contributed by atoms with Gasteiger partial charge < -0.3 is 9.52 Å². The number of hydrogen-bond donors (Lipinski definition) is 2. The standard InChI is InChI=1S/C15H18N2O4/c1-9(16-17-14(20)12-5-4-6-21-12)13-10(18)7-15(2,3)8-11(13)19/h4-6,18H,7-8H2,1-3H3,(H,17,20). The van der Waals surface area contributed by atoms with E-state index in [1.54, 1.807) is 13.0 Å². The highest BCUT2D eigenvalue weighted by molar-refractivity contribution is 6.22. The van der Waals surface area contributed by atoms with E-state index < -0.39 is 5.91 Å². The fraction of sp³-hybridized carbons (Fsp3) is 0.400. The molecule has 0 bridgehead atoms. The summed E-state index contributed by atoms with van der Waals surface area (Å²) < 4.78 is 4.93. The SMILES string of the molecule is CC(=NNC(=O)c1ccco1)C1=C(O)CC(C)(C)CC1=O. The number of allylic oxidation sites excluding steroid dienone is 2. The van der Waals surface area contributed by atoms with Crippen LogP contribution in [0.25, 0.3) is 0 Å². The summed E-state index contributed by atoms with van der Waals surface area (Å²) in [5, 5.41) is 13.9. The number of aliphatic hydroxyl groups excluding tert-OH is 1. The maximum Gasteiger partial charge on any atom is 0.307 e. The number of aliphatic hydroxyl groups is 1. The van der Waals surface area contributed by atoms with Gasteiger partial charge in [-0.2, -0.15) is 5.10 Å². The molecule has 6 heteroatoms. The van der Waals surface area contributed by atoms with Crippen molar-refractivity contribution in [3.8, 4) is 0 Å². The van der Waals surface area contributed by atoms with E-state index in [1.165, 1.54) is 12.3 Å². The number of Topliss-reactive ketones (excluding diaryl/α,β-unsaturated/α-hetero) is 1. The summed E-state index contributed by atoms with van der Waals surface area (Å²) in [6.45, 7) is 5.41. The van der Waals surface area contributed by atoms with Crippen LogP contribution in [-0.2, 0) is 4.79 Å². The van der Waals surface area contributed by atoms with E-state index in [0.717, 1.165) is 0 Å². The second kappa shape index (κ2) is 5.55. The van der Waals surface area contributed by atoms with Crippen LogP contribution < -0.4 is 5.43 Å². The summed E-state index contributed by atoms with van der Waals surface area (Å²) >= 11 is 0. The number of carbonyl (C=O) groups is 2. The first-order valence-corrected chi connectivity index (χ1v) is 6.64. The average molecular weight is 290 g/mol. The normalized spacial score (nSPS) is 18.8. The third-order valence-corrected chi connectivity index (χ3v) is 3.28. The van der Waals surface area contributed by atoms with Gasteiger partial charge in [-0.25, -0.2) is 5.43 Å². The van der Waals surface area contributed by atoms with E-state index in [0.29, 0.717) is 12.8 Å². The quantitative estimate of drug-likeness (QED) is 0.661. The monoisotopic (exact) mass is 290 g/mol. The molecule has 0 radical (unpaired) electrons. The van der Waals surface area contributed by atoms with E-state index >= 15 is 0 Å². The molecular weight excluding hydrogens is 272 g/mol. The molecule has 0 saturated heterocycles. The highest BCUT2D eigenvalue weighted by atomic mass is 16.3. The van der Waals surface area contributed by atoms with Crippen molar-refractivity contribution in [2.24, 2.45) is 10.5 Å². The maximum absolute atomic E-state index is 12.1. The summed E-state index contributed by atoms with van der Waals surface area (Å²) in [6.07, 6.45) is 2.13. The maximum atomic E-state index is 12.1.